The number of hydrogen-bond acceptors (Lipinski definition) is 6. The second-order valence-electron chi connectivity index (χ2n) is 12.2. The van der Waals surface area contributed by atoms with Crippen LogP contribution in [0.5, 0.6) is 0 Å². The van der Waals surface area contributed by atoms with Gasteiger partial charge in [-0.3, -0.25) is 4.79 Å². The van der Waals surface area contributed by atoms with Crippen LogP contribution in [-0.4, -0.2) is 60.0 Å². The van der Waals surface area contributed by atoms with E-state index in [1.807, 2.05) is 30.4 Å². The highest BCUT2D eigenvalue weighted by molar-refractivity contribution is 8.00. The number of methoxy groups -OCH3 is 1. The van der Waals surface area contributed by atoms with E-state index in [1.165, 1.54) is 7.11 Å². The molecule has 3 rings (SSSR count). The Balaban J connectivity index is 1.92. The van der Waals surface area contributed by atoms with Crippen LogP contribution >= 0.6 is 11.8 Å². The summed E-state index contributed by atoms with van der Waals surface area (Å²) in [4.78, 5) is 41.9. The third-order valence-corrected chi connectivity index (χ3v) is 9.20. The number of unbranched alkanes of at least 4 members (excludes halogenated alkanes) is 4. The van der Waals surface area contributed by atoms with Gasteiger partial charge in [0.25, 0.3) is 0 Å². The maximum atomic E-state index is 14.3. The van der Waals surface area contributed by atoms with Crippen molar-refractivity contribution in [2.75, 3.05) is 19.4 Å². The molecule has 1 aliphatic rings. The highest BCUT2D eigenvalue weighted by atomic mass is 32.2. The zero-order chi connectivity index (χ0) is 32.2. The van der Waals surface area contributed by atoms with Crippen LogP contribution in [0.15, 0.2) is 79.9 Å². The Labute approximate surface area is 267 Å². The van der Waals surface area contributed by atoms with Gasteiger partial charge in [-0.15, -0.1) is 24.9 Å². The van der Waals surface area contributed by atoms with Gasteiger partial charge in [0, 0.05) is 12.3 Å². The fraction of sp³-hybridized carbons (Fsp3) is 0.472. The summed E-state index contributed by atoms with van der Waals surface area (Å²) in [7, 11) is 1.34. The predicted molar refractivity (Wildman–Crippen MR) is 179 cm³/mol. The summed E-state index contributed by atoms with van der Waals surface area (Å²) in [5.41, 5.74) is 2.51. The number of benzene rings is 2. The van der Waals surface area contributed by atoms with Gasteiger partial charge in [-0.2, -0.15) is 0 Å². The number of alkyl carbamates (subject to hydrolysis) is 1. The van der Waals surface area contributed by atoms with Gasteiger partial charge in [-0.25, -0.2) is 9.59 Å². The number of allylic oxidation sites excluding steroid dienone is 1. The van der Waals surface area contributed by atoms with Crippen LogP contribution in [0.4, 0.5) is 4.79 Å². The first-order valence-electron chi connectivity index (χ1n) is 15.4. The molecule has 1 saturated heterocycles. The van der Waals surface area contributed by atoms with Gasteiger partial charge in [0.05, 0.1) is 11.9 Å². The molecule has 1 N–H and O–H groups in total. The lowest BCUT2D eigenvalue weighted by atomic mass is 9.93. The number of amides is 2. The summed E-state index contributed by atoms with van der Waals surface area (Å²) < 4.78 is 10.1. The van der Waals surface area contributed by atoms with Crippen molar-refractivity contribution in [3.63, 3.8) is 0 Å². The van der Waals surface area contributed by atoms with E-state index in [1.54, 1.807) is 37.4 Å². The van der Waals surface area contributed by atoms with E-state index in [-0.39, 0.29) is 5.91 Å². The molecule has 3 atom stereocenters. The number of thioether (sulfide) groups is 1. The number of nitrogens with zero attached hydrogens (tertiary/aromatic N) is 1. The molecular weight excluding hydrogens is 572 g/mol. The van der Waals surface area contributed by atoms with E-state index < -0.39 is 34.5 Å². The Morgan fingerprint density at radius 3 is 2.27 bits per heavy atom. The Hall–Kier alpha value is -3.52. The number of nitrogens with one attached hydrogen (secondary N) is 1. The molecule has 1 heterocycles. The minimum absolute atomic E-state index is 0.292. The molecule has 0 saturated carbocycles. The molecule has 0 aromatic heterocycles. The summed E-state index contributed by atoms with van der Waals surface area (Å²) in [5, 5.41) is 2.82. The van der Waals surface area contributed by atoms with Crippen molar-refractivity contribution in [1.82, 2.24) is 10.2 Å². The van der Waals surface area contributed by atoms with Crippen LogP contribution in [0.1, 0.15) is 71.3 Å². The maximum absolute atomic E-state index is 14.3. The molecule has 0 unspecified atom stereocenters. The fourth-order valence-electron chi connectivity index (χ4n) is 5.56. The van der Waals surface area contributed by atoms with Gasteiger partial charge >= 0.3 is 12.1 Å². The first-order valence-corrected chi connectivity index (χ1v) is 16.4. The minimum atomic E-state index is -0.836. The third-order valence-electron chi connectivity index (χ3n) is 7.72. The van der Waals surface area contributed by atoms with Crippen molar-refractivity contribution in [3.8, 4) is 11.1 Å². The lowest BCUT2D eigenvalue weighted by Crippen LogP contribution is -2.52. The molecule has 0 bridgehead atoms. The van der Waals surface area contributed by atoms with Gasteiger partial charge in [0.1, 0.15) is 17.7 Å². The molecule has 0 radical (unpaired) electrons. The average molecular weight is 621 g/mol. The number of rotatable bonds is 15. The summed E-state index contributed by atoms with van der Waals surface area (Å²) in [6.07, 6.45) is 8.56. The molecule has 2 aromatic carbocycles. The molecular formula is C36H48N2O5S. The van der Waals surface area contributed by atoms with Gasteiger partial charge in [0.2, 0.25) is 5.91 Å². The maximum Gasteiger partial charge on any atom is 0.408 e. The van der Waals surface area contributed by atoms with Crippen LogP contribution < -0.4 is 5.32 Å². The summed E-state index contributed by atoms with van der Waals surface area (Å²) >= 11 is 1.66. The summed E-state index contributed by atoms with van der Waals surface area (Å²) in [6.45, 7) is 13.3. The van der Waals surface area contributed by atoms with E-state index >= 15 is 0 Å². The number of ether oxygens (including phenoxy) is 2. The van der Waals surface area contributed by atoms with Crippen molar-refractivity contribution >= 4 is 29.7 Å². The number of likely N-dealkylation sites (tertiary alicyclic amines) is 1. The average Bonchev–Trinajstić information content (AvgIpc) is 3.41. The van der Waals surface area contributed by atoms with Gasteiger partial charge in [-0.1, -0.05) is 86.0 Å². The van der Waals surface area contributed by atoms with Crippen molar-refractivity contribution in [2.45, 2.75) is 88.1 Å². The highest BCUT2D eigenvalue weighted by Gasteiger charge is 2.51. The second kappa shape index (κ2) is 16.5. The van der Waals surface area contributed by atoms with Gasteiger partial charge in [0.15, 0.2) is 0 Å². The molecule has 1 aliphatic heterocycles. The Morgan fingerprint density at radius 2 is 1.66 bits per heavy atom. The minimum Gasteiger partial charge on any atom is -0.467 e. The number of carbonyl (C=O) groups is 3. The largest absolute Gasteiger partial charge is 0.467 e. The quantitative estimate of drug-likeness (QED) is 0.125. The lowest BCUT2D eigenvalue weighted by Gasteiger charge is -2.31. The van der Waals surface area contributed by atoms with Crippen LogP contribution in [0.25, 0.3) is 11.1 Å². The Morgan fingerprint density at radius 1 is 1.00 bits per heavy atom. The fourth-order valence-corrected chi connectivity index (χ4v) is 6.81. The molecule has 44 heavy (non-hydrogen) atoms. The first kappa shape index (κ1) is 35.0. The van der Waals surface area contributed by atoms with E-state index in [2.05, 4.69) is 54.9 Å². The Kier molecular flexibility index (Phi) is 13.1. The van der Waals surface area contributed by atoms with Crippen LogP contribution in [0.2, 0.25) is 0 Å². The standard InChI is InChI=1S/C36H48N2O5S/c1-7-9-10-11-12-16-19-30(37-34(41)43-35(3,4)5)32(39)38-26-36(44-24-8-2,25-31(38)33(40)42-6)29-22-20-28(21-23-29)27-17-14-13-15-18-27/h7-8,13-15,17-18,20-23,30-31H,1-2,9-12,16,19,24-26H2,3-6H3,(H,37,41)/t30-,31-,36-/m0/s1. The molecule has 2 aromatic rings. The smallest absolute Gasteiger partial charge is 0.408 e. The number of carbonyl (C=O) groups excluding carboxylic acids is 3. The molecule has 7 nitrogen and oxygen atoms in total. The van der Waals surface area contributed by atoms with Crippen LogP contribution in [0, 0.1) is 0 Å². The van der Waals surface area contributed by atoms with Crippen molar-refractivity contribution in [1.29, 1.82) is 0 Å². The van der Waals surface area contributed by atoms with E-state index in [9.17, 15) is 14.4 Å². The summed E-state index contributed by atoms with van der Waals surface area (Å²) in [6, 6.07) is 16.8. The highest BCUT2D eigenvalue weighted by Crippen LogP contribution is 2.48. The third kappa shape index (κ3) is 9.74. The SMILES string of the molecule is C=CCCCCCC[C@H](NC(=O)OC(C)(C)C)C(=O)N1C[C@](SCC=C)(c2ccc(-c3ccccc3)cc2)C[C@H]1C(=O)OC. The number of hydrogen-bond donors (Lipinski definition) is 1. The monoisotopic (exact) mass is 620 g/mol. The Bertz CT molecular complexity index is 1260. The van der Waals surface area contributed by atoms with Gasteiger partial charge in [-0.05, 0) is 63.1 Å². The predicted octanol–water partition coefficient (Wildman–Crippen LogP) is 7.66. The van der Waals surface area contributed by atoms with E-state index in [4.69, 9.17) is 9.47 Å². The van der Waals surface area contributed by atoms with Crippen molar-refractivity contribution < 1.29 is 23.9 Å². The topological polar surface area (TPSA) is 84.9 Å². The molecule has 1 fully saturated rings. The first-order chi connectivity index (χ1) is 21.0. The molecule has 0 spiro atoms. The van der Waals surface area contributed by atoms with E-state index in [0.29, 0.717) is 25.1 Å². The number of esters is 1. The molecule has 2 amide bonds. The zero-order valence-electron chi connectivity index (χ0n) is 26.7. The molecule has 8 heteroatoms. The van der Waals surface area contributed by atoms with Crippen molar-refractivity contribution in [2.24, 2.45) is 0 Å². The van der Waals surface area contributed by atoms with Crippen LogP contribution in [0.3, 0.4) is 0 Å². The zero-order valence-corrected chi connectivity index (χ0v) is 27.5. The molecule has 0 aliphatic carbocycles. The molecule has 238 valence electrons. The normalized spacial score (nSPS) is 18.7. The lowest BCUT2D eigenvalue weighted by molar-refractivity contribution is -0.151. The van der Waals surface area contributed by atoms with E-state index in [0.717, 1.165) is 48.8 Å². The van der Waals surface area contributed by atoms with Crippen molar-refractivity contribution in [3.05, 3.63) is 85.5 Å². The van der Waals surface area contributed by atoms with Crippen LogP contribution in [-0.2, 0) is 23.8 Å². The van der Waals surface area contributed by atoms with Gasteiger partial charge < -0.3 is 19.7 Å². The summed E-state index contributed by atoms with van der Waals surface area (Å²) in [5.74, 6) is -0.138. The second-order valence-corrected chi connectivity index (χ2v) is 13.6.